The summed E-state index contributed by atoms with van der Waals surface area (Å²) in [4.78, 5) is 44.1. The molecule has 2 aromatic heterocycles. The van der Waals surface area contributed by atoms with Gasteiger partial charge in [0.1, 0.15) is 35.6 Å². The Labute approximate surface area is 202 Å². The summed E-state index contributed by atoms with van der Waals surface area (Å²) in [6, 6.07) is 0. The molecule has 1 fully saturated rings. The van der Waals surface area contributed by atoms with Gasteiger partial charge in [0.25, 0.3) is 0 Å². The van der Waals surface area contributed by atoms with Gasteiger partial charge in [-0.15, -0.1) is 0 Å². The molecule has 6 atom stereocenters. The summed E-state index contributed by atoms with van der Waals surface area (Å²) in [7, 11) is -15.4. The van der Waals surface area contributed by atoms with Crippen molar-refractivity contribution < 1.29 is 66.1 Å². The molecule has 0 bridgehead atoms. The highest BCUT2D eigenvalue weighted by molar-refractivity contribution is 7.66. The minimum absolute atomic E-state index is 0.0944. The molecule has 2 aromatic rings. The lowest BCUT2D eigenvalue weighted by molar-refractivity contribution is -0.0947. The van der Waals surface area contributed by atoms with Gasteiger partial charge in [0, 0.05) is 11.8 Å². The number of phosphoric ester groups is 1. The molecule has 0 spiro atoms. The van der Waals surface area contributed by atoms with Crippen molar-refractivity contribution in [2.24, 2.45) is 0 Å². The minimum atomic E-state index is -5.74. The zero-order valence-corrected chi connectivity index (χ0v) is 21.1. The fourth-order valence-electron chi connectivity index (χ4n) is 3.43. The Morgan fingerprint density at radius 2 is 1.86 bits per heavy atom. The number of aliphatic hydroxyl groups excluding tert-OH is 1. The lowest BCUT2D eigenvalue weighted by Gasteiger charge is -2.27. The Balaban J connectivity index is 1.84. The number of aromatic nitrogens is 3. The van der Waals surface area contributed by atoms with Gasteiger partial charge in [-0.25, -0.2) is 23.7 Å². The molecular formula is C15H23N4O14P3. The molecule has 1 aliphatic heterocycles. The molecule has 18 nitrogen and oxygen atoms in total. The molecular weight excluding hydrogens is 553 g/mol. The van der Waals surface area contributed by atoms with E-state index in [0.29, 0.717) is 10.9 Å². The van der Waals surface area contributed by atoms with Gasteiger partial charge in [-0.05, 0) is 13.0 Å². The third kappa shape index (κ3) is 6.38. The van der Waals surface area contributed by atoms with Gasteiger partial charge in [-0.3, -0.25) is 4.52 Å². The van der Waals surface area contributed by atoms with Crippen LogP contribution in [0.4, 0.5) is 5.82 Å². The van der Waals surface area contributed by atoms with E-state index >= 15 is 0 Å². The van der Waals surface area contributed by atoms with Crippen LogP contribution in [0, 0.1) is 0 Å². The largest absolute Gasteiger partial charge is 0.504 e. The number of nitrogen functional groups attached to an aromatic ring is 1. The maximum Gasteiger partial charge on any atom is 0.490 e. The number of hydrogen-bond donors (Lipinski definition) is 7. The van der Waals surface area contributed by atoms with E-state index in [2.05, 4.69) is 23.1 Å². The zero-order valence-electron chi connectivity index (χ0n) is 18.5. The number of hydrogen-bond acceptors (Lipinski definition) is 13. The Morgan fingerprint density at radius 3 is 2.47 bits per heavy atom. The third-order valence-electron chi connectivity index (χ3n) is 4.88. The van der Waals surface area contributed by atoms with E-state index in [4.69, 9.17) is 25.0 Å². The number of methoxy groups -OCH3 is 1. The van der Waals surface area contributed by atoms with Crippen LogP contribution >= 0.6 is 23.5 Å². The van der Waals surface area contributed by atoms with E-state index in [0.717, 1.165) is 6.33 Å². The zero-order chi connectivity index (χ0) is 27.1. The van der Waals surface area contributed by atoms with Crippen molar-refractivity contribution in [3.8, 4) is 0 Å². The first-order valence-electron chi connectivity index (χ1n) is 9.62. The second-order valence-electron chi connectivity index (χ2n) is 7.57. The monoisotopic (exact) mass is 576 g/mol. The van der Waals surface area contributed by atoms with Crippen molar-refractivity contribution in [3.05, 3.63) is 24.3 Å². The second-order valence-corrected chi connectivity index (χ2v) is 12.0. The number of rotatable bonds is 10. The summed E-state index contributed by atoms with van der Waals surface area (Å²) in [5, 5.41) is 22.0. The quantitative estimate of drug-likeness (QED) is 0.145. The highest BCUT2D eigenvalue weighted by atomic mass is 31.3. The molecule has 0 radical (unpaired) electrons. The number of aliphatic hydroxyl groups is 2. The Hall–Kier alpha value is -1.75. The normalized spacial score (nSPS) is 28.4. The first kappa shape index (κ1) is 28.8. The third-order valence-corrected chi connectivity index (χ3v) is 8.68. The van der Waals surface area contributed by atoms with Crippen LogP contribution in [0.3, 0.4) is 0 Å². The molecule has 3 heterocycles. The summed E-state index contributed by atoms with van der Waals surface area (Å²) in [6.45, 7) is 0.221. The molecule has 2 unspecified atom stereocenters. The molecule has 0 aliphatic carbocycles. The van der Waals surface area contributed by atoms with Gasteiger partial charge in [0.05, 0.1) is 25.4 Å². The molecule has 36 heavy (non-hydrogen) atoms. The number of anilines is 1. The van der Waals surface area contributed by atoms with Crippen LogP contribution in [0.25, 0.3) is 17.1 Å². The predicted molar refractivity (Wildman–Crippen MR) is 118 cm³/mol. The molecule has 3 rings (SSSR count). The highest BCUT2D eigenvalue weighted by Crippen LogP contribution is 2.66. The average Bonchev–Trinajstić information content (AvgIpc) is 3.18. The molecule has 0 aromatic carbocycles. The maximum atomic E-state index is 12.0. The summed E-state index contributed by atoms with van der Waals surface area (Å²) in [6.07, 6.45) is 0.898. The number of ether oxygens (including phenoxy) is 2. The van der Waals surface area contributed by atoms with Gasteiger partial charge in [0.2, 0.25) is 0 Å². The number of nitrogens with zero attached hydrogens (tertiary/aromatic N) is 3. The fraction of sp³-hybridized carbons (Fsp3) is 0.467. The smallest absolute Gasteiger partial charge is 0.490 e. The van der Waals surface area contributed by atoms with Gasteiger partial charge in [-0.2, -0.15) is 8.62 Å². The topological polar surface area (TPSA) is 275 Å². The van der Waals surface area contributed by atoms with Gasteiger partial charge in [0.15, 0.2) is 6.23 Å². The van der Waals surface area contributed by atoms with Crippen LogP contribution in [0.1, 0.15) is 18.7 Å². The van der Waals surface area contributed by atoms with E-state index in [1.165, 1.54) is 37.1 Å². The first-order valence-corrected chi connectivity index (χ1v) is 14.1. The van der Waals surface area contributed by atoms with Crippen LogP contribution in [0.2, 0.25) is 0 Å². The Bertz CT molecular complexity index is 1290. The van der Waals surface area contributed by atoms with Crippen molar-refractivity contribution in [2.75, 3.05) is 19.5 Å². The lowest BCUT2D eigenvalue weighted by atomic mass is 9.96. The molecule has 8 N–H and O–H groups in total. The van der Waals surface area contributed by atoms with E-state index < -0.39 is 54.1 Å². The molecule has 0 amide bonds. The maximum absolute atomic E-state index is 12.0. The van der Waals surface area contributed by atoms with Crippen LogP contribution in [-0.4, -0.2) is 75.8 Å². The Kier molecular flexibility index (Phi) is 8.16. The number of fused-ring (bicyclic) bond motifs is 1. The second kappa shape index (κ2) is 10.2. The summed E-state index contributed by atoms with van der Waals surface area (Å²) in [5.41, 5.74) is 4.58. The molecule has 202 valence electrons. The van der Waals surface area contributed by atoms with Crippen molar-refractivity contribution in [3.63, 3.8) is 0 Å². The van der Waals surface area contributed by atoms with Crippen LogP contribution in [0.5, 0.6) is 0 Å². The molecule has 0 saturated carbocycles. The predicted octanol–water partition coefficient (Wildman–Crippen LogP) is -0.0168. The summed E-state index contributed by atoms with van der Waals surface area (Å²) >= 11 is 0. The number of nitrogens with two attached hydrogens (primary N) is 1. The SMILES string of the molecule is COC=Cc1cn([C@@H]2O[C@H](COP(=O)(O)OP(=O)(O)OP(=O)(O)O)[C@@H](O)[C@@]2(C)O)c2ncnc(N)c12. The minimum Gasteiger partial charge on any atom is -0.504 e. The standard InChI is InChI=1S/C15H23N4O14P3/c1-15(21)11(20)9(6-30-35(25,26)33-36(27,28)32-34(22,23)24)31-14(15)19-5-8(3-4-29-2)10-12(16)17-7-18-13(10)19/h3-5,7,9,11,14,20-21H,6H2,1-2H3,(H,25,26)(H,27,28)(H2,16,17,18)(H2,22,23,24)/t9-,11-,14-,15-/m1/s1. The van der Waals surface area contributed by atoms with Crippen LogP contribution in [-0.2, 0) is 36.3 Å². The first-order chi connectivity index (χ1) is 16.5. The molecule has 21 heteroatoms. The van der Waals surface area contributed by atoms with E-state index in [1.54, 1.807) is 0 Å². The highest BCUT2D eigenvalue weighted by Gasteiger charge is 2.54. The van der Waals surface area contributed by atoms with Crippen molar-refractivity contribution in [1.82, 2.24) is 14.5 Å². The molecule has 1 aliphatic rings. The van der Waals surface area contributed by atoms with Gasteiger partial charge in [-0.1, -0.05) is 0 Å². The summed E-state index contributed by atoms with van der Waals surface area (Å²) in [5.74, 6) is 0.0944. The van der Waals surface area contributed by atoms with Crippen LogP contribution in [0.15, 0.2) is 18.8 Å². The van der Waals surface area contributed by atoms with E-state index in [9.17, 15) is 33.7 Å². The fourth-order valence-corrected chi connectivity index (χ4v) is 6.46. The van der Waals surface area contributed by atoms with E-state index in [1.807, 2.05) is 0 Å². The number of phosphoric acid groups is 3. The average molecular weight is 576 g/mol. The molecule has 1 saturated heterocycles. The Morgan fingerprint density at radius 1 is 1.19 bits per heavy atom. The van der Waals surface area contributed by atoms with Gasteiger partial charge < -0.3 is 49.6 Å². The lowest BCUT2D eigenvalue weighted by Crippen LogP contribution is -2.44. The van der Waals surface area contributed by atoms with Crippen molar-refractivity contribution >= 4 is 46.4 Å². The van der Waals surface area contributed by atoms with E-state index in [-0.39, 0.29) is 11.5 Å². The van der Waals surface area contributed by atoms with Crippen molar-refractivity contribution in [2.45, 2.75) is 31.0 Å². The van der Waals surface area contributed by atoms with Crippen molar-refractivity contribution in [1.29, 1.82) is 0 Å². The van der Waals surface area contributed by atoms with Gasteiger partial charge >= 0.3 is 23.5 Å². The van der Waals surface area contributed by atoms with Crippen LogP contribution < -0.4 is 5.73 Å². The summed E-state index contributed by atoms with van der Waals surface area (Å²) < 4.78 is 57.9.